The highest BCUT2D eigenvalue weighted by Gasteiger charge is 2.44. The van der Waals surface area contributed by atoms with Crippen LogP contribution in [0.3, 0.4) is 0 Å². The highest BCUT2D eigenvalue weighted by Crippen LogP contribution is 2.18. The van der Waals surface area contributed by atoms with Crippen LogP contribution in [0.2, 0.25) is 0 Å². The number of rotatable bonds is 4. The summed E-state index contributed by atoms with van der Waals surface area (Å²) in [7, 11) is 0. The lowest BCUT2D eigenvalue weighted by Crippen LogP contribution is -2.62. The SMILES string of the molecule is CC(=O)NC1/C(=N\OC(=O)Nc2ccccc2)OC(CO)C(O)C1O. The summed E-state index contributed by atoms with van der Waals surface area (Å²) in [6, 6.07) is 7.22. The number of ether oxygens (including phenoxy) is 1. The first-order chi connectivity index (χ1) is 11.9. The van der Waals surface area contributed by atoms with E-state index in [9.17, 15) is 24.9 Å². The van der Waals surface area contributed by atoms with Gasteiger partial charge in [0.1, 0.15) is 18.2 Å². The number of benzene rings is 1. The van der Waals surface area contributed by atoms with Crippen molar-refractivity contribution < 1.29 is 34.5 Å². The number of nitrogens with one attached hydrogen (secondary N) is 2. The van der Waals surface area contributed by atoms with E-state index in [1.165, 1.54) is 6.92 Å². The third-order valence-electron chi connectivity index (χ3n) is 3.39. The Bertz CT molecular complexity index is 637. The summed E-state index contributed by atoms with van der Waals surface area (Å²) < 4.78 is 5.20. The fourth-order valence-electron chi connectivity index (χ4n) is 2.20. The van der Waals surface area contributed by atoms with Crippen LogP contribution in [0, 0.1) is 0 Å². The first-order valence-electron chi connectivity index (χ1n) is 7.44. The van der Waals surface area contributed by atoms with E-state index in [1.807, 2.05) is 0 Å². The lowest BCUT2D eigenvalue weighted by molar-refractivity contribution is -0.126. The Kier molecular flexibility index (Phi) is 6.28. The van der Waals surface area contributed by atoms with Crippen LogP contribution >= 0.6 is 0 Å². The largest absolute Gasteiger partial charge is 0.468 e. The number of hydrogen-bond acceptors (Lipinski definition) is 8. The van der Waals surface area contributed by atoms with E-state index in [-0.39, 0.29) is 5.90 Å². The van der Waals surface area contributed by atoms with Crippen molar-refractivity contribution in [2.24, 2.45) is 5.16 Å². The number of anilines is 1. The van der Waals surface area contributed by atoms with Gasteiger partial charge in [-0.15, -0.1) is 0 Å². The Morgan fingerprint density at radius 3 is 2.52 bits per heavy atom. The number of carbonyl (C=O) groups is 2. The third-order valence-corrected chi connectivity index (χ3v) is 3.39. The molecule has 1 aromatic carbocycles. The van der Waals surface area contributed by atoms with Gasteiger partial charge in [0, 0.05) is 12.6 Å². The first kappa shape index (κ1) is 18.6. The number of amides is 2. The maximum Gasteiger partial charge on any atom is 0.437 e. The van der Waals surface area contributed by atoms with Gasteiger partial charge < -0.3 is 25.4 Å². The summed E-state index contributed by atoms with van der Waals surface area (Å²) in [5.41, 5.74) is 0.472. The van der Waals surface area contributed by atoms with Crippen molar-refractivity contribution >= 4 is 23.6 Å². The molecule has 136 valence electrons. The zero-order valence-corrected chi connectivity index (χ0v) is 13.3. The summed E-state index contributed by atoms with van der Waals surface area (Å²) >= 11 is 0. The number of oxime groups is 1. The molecule has 1 aliphatic heterocycles. The molecule has 0 spiro atoms. The molecule has 1 aliphatic rings. The summed E-state index contributed by atoms with van der Waals surface area (Å²) in [4.78, 5) is 27.7. The minimum atomic E-state index is -1.51. The second-order valence-corrected chi connectivity index (χ2v) is 5.30. The van der Waals surface area contributed by atoms with E-state index in [1.54, 1.807) is 30.3 Å². The molecular formula is C15H19N3O7. The Morgan fingerprint density at radius 2 is 1.92 bits per heavy atom. The second-order valence-electron chi connectivity index (χ2n) is 5.30. The monoisotopic (exact) mass is 353 g/mol. The van der Waals surface area contributed by atoms with Gasteiger partial charge in [-0.3, -0.25) is 14.9 Å². The van der Waals surface area contributed by atoms with Gasteiger partial charge in [-0.25, -0.2) is 4.79 Å². The average Bonchev–Trinajstić information content (AvgIpc) is 2.59. The van der Waals surface area contributed by atoms with Crippen LogP contribution in [-0.2, 0) is 14.4 Å². The third kappa shape index (κ3) is 4.89. The van der Waals surface area contributed by atoms with Gasteiger partial charge in [0.05, 0.1) is 6.61 Å². The fourth-order valence-corrected chi connectivity index (χ4v) is 2.20. The molecule has 10 heteroatoms. The van der Waals surface area contributed by atoms with Crippen molar-refractivity contribution in [3.05, 3.63) is 30.3 Å². The van der Waals surface area contributed by atoms with Gasteiger partial charge in [0.25, 0.3) is 5.90 Å². The zero-order chi connectivity index (χ0) is 18.4. The van der Waals surface area contributed by atoms with Crippen LogP contribution in [0.25, 0.3) is 0 Å². The van der Waals surface area contributed by atoms with E-state index in [0.29, 0.717) is 5.69 Å². The van der Waals surface area contributed by atoms with Gasteiger partial charge in [0.2, 0.25) is 5.91 Å². The molecule has 2 rings (SSSR count). The van der Waals surface area contributed by atoms with Gasteiger partial charge in [0.15, 0.2) is 6.10 Å². The summed E-state index contributed by atoms with van der Waals surface area (Å²) in [5.74, 6) is -0.876. The van der Waals surface area contributed by atoms with Crippen LogP contribution in [0.1, 0.15) is 6.92 Å². The van der Waals surface area contributed by atoms with E-state index in [0.717, 1.165) is 0 Å². The van der Waals surface area contributed by atoms with Crippen LogP contribution in [0.4, 0.5) is 10.5 Å². The Hall–Kier alpha value is -2.69. The van der Waals surface area contributed by atoms with E-state index >= 15 is 0 Å². The number of aliphatic hydroxyl groups excluding tert-OH is 3. The number of carbonyl (C=O) groups excluding carboxylic acids is 2. The molecule has 2 amide bonds. The molecule has 0 saturated carbocycles. The van der Waals surface area contributed by atoms with Crippen molar-refractivity contribution in [1.82, 2.24) is 5.32 Å². The van der Waals surface area contributed by atoms with Crippen molar-refractivity contribution in [2.45, 2.75) is 31.3 Å². The molecule has 0 bridgehead atoms. The second kappa shape index (κ2) is 8.42. The molecule has 0 aliphatic carbocycles. The summed E-state index contributed by atoms with van der Waals surface area (Å²) in [6.45, 7) is 0.581. The number of aliphatic hydroxyl groups is 3. The Balaban J connectivity index is 2.09. The number of nitrogens with zero attached hydrogens (tertiary/aromatic N) is 1. The number of hydrogen-bond donors (Lipinski definition) is 5. The normalized spacial score (nSPS) is 27.3. The molecule has 1 aromatic rings. The molecule has 0 radical (unpaired) electrons. The predicted molar refractivity (Wildman–Crippen MR) is 85.6 cm³/mol. The van der Waals surface area contributed by atoms with Gasteiger partial charge >= 0.3 is 6.09 Å². The molecule has 25 heavy (non-hydrogen) atoms. The predicted octanol–water partition coefficient (Wildman–Crippen LogP) is -0.834. The van der Waals surface area contributed by atoms with Gasteiger partial charge in [-0.2, -0.15) is 0 Å². The quantitative estimate of drug-likeness (QED) is 0.350. The summed E-state index contributed by atoms with van der Waals surface area (Å²) in [5, 5.41) is 37.3. The van der Waals surface area contributed by atoms with Crippen molar-refractivity contribution in [3.63, 3.8) is 0 Å². The zero-order valence-electron chi connectivity index (χ0n) is 13.3. The molecule has 1 saturated heterocycles. The topological polar surface area (TPSA) is 150 Å². The molecule has 0 aromatic heterocycles. The first-order valence-corrected chi connectivity index (χ1v) is 7.44. The minimum absolute atomic E-state index is 0.352. The minimum Gasteiger partial charge on any atom is -0.468 e. The van der Waals surface area contributed by atoms with E-state index < -0.39 is 43.0 Å². The van der Waals surface area contributed by atoms with Crippen LogP contribution in [0.5, 0.6) is 0 Å². The van der Waals surface area contributed by atoms with E-state index in [2.05, 4.69) is 20.6 Å². The Labute approximate surface area is 143 Å². The summed E-state index contributed by atoms with van der Waals surface area (Å²) in [6.07, 6.45) is -5.07. The van der Waals surface area contributed by atoms with Crippen LogP contribution in [-0.4, -0.2) is 64.2 Å². The van der Waals surface area contributed by atoms with Gasteiger partial charge in [-0.1, -0.05) is 18.2 Å². The molecule has 5 N–H and O–H groups in total. The molecular weight excluding hydrogens is 334 g/mol. The van der Waals surface area contributed by atoms with Crippen molar-refractivity contribution in [2.75, 3.05) is 11.9 Å². The van der Waals surface area contributed by atoms with E-state index in [4.69, 9.17) is 4.74 Å². The van der Waals surface area contributed by atoms with Crippen LogP contribution < -0.4 is 10.6 Å². The molecule has 4 unspecified atom stereocenters. The standard InChI is InChI=1S/C15H19N3O7/c1-8(20)16-11-13(22)12(21)10(7-19)24-14(11)18-25-15(23)17-9-5-3-2-4-6-9/h2-6,10-13,19,21-22H,7H2,1H3,(H,16,20)(H,17,23)/b18-14+. The fraction of sp³-hybridized carbons (Fsp3) is 0.400. The molecule has 1 fully saturated rings. The average molecular weight is 353 g/mol. The lowest BCUT2D eigenvalue weighted by atomic mass is 9.97. The maximum absolute atomic E-state index is 11.7. The highest BCUT2D eigenvalue weighted by molar-refractivity contribution is 5.89. The van der Waals surface area contributed by atoms with Crippen molar-refractivity contribution in [3.8, 4) is 0 Å². The smallest absolute Gasteiger partial charge is 0.437 e. The van der Waals surface area contributed by atoms with Crippen molar-refractivity contribution in [1.29, 1.82) is 0 Å². The molecule has 1 heterocycles. The molecule has 10 nitrogen and oxygen atoms in total. The Morgan fingerprint density at radius 1 is 1.24 bits per heavy atom. The van der Waals surface area contributed by atoms with Crippen LogP contribution in [0.15, 0.2) is 35.5 Å². The highest BCUT2D eigenvalue weighted by atomic mass is 16.7. The molecule has 4 atom stereocenters. The maximum atomic E-state index is 11.7. The van der Waals surface area contributed by atoms with Gasteiger partial charge in [-0.05, 0) is 17.3 Å². The number of para-hydroxylation sites is 1. The lowest BCUT2D eigenvalue weighted by Gasteiger charge is -2.37.